The molecule has 0 aliphatic carbocycles. The number of hydrogen-bond donors (Lipinski definition) is 2. The van der Waals surface area contributed by atoms with Crippen molar-refractivity contribution in [3.8, 4) is 11.5 Å². The number of benzene rings is 2. The normalized spacial score (nSPS) is 13.8. The largest absolute Gasteiger partial charge is 0.507 e. The van der Waals surface area contributed by atoms with Crippen molar-refractivity contribution in [1.29, 1.82) is 0 Å². The maximum atomic E-state index is 10.0. The van der Waals surface area contributed by atoms with E-state index in [0.717, 1.165) is 31.1 Å². The lowest BCUT2D eigenvalue weighted by Crippen LogP contribution is -2.10. The predicted molar refractivity (Wildman–Crippen MR) is 108 cm³/mol. The summed E-state index contributed by atoms with van der Waals surface area (Å²) in [6, 6.07) is 11.9. The van der Waals surface area contributed by atoms with E-state index in [1.54, 1.807) is 0 Å². The summed E-state index contributed by atoms with van der Waals surface area (Å²) < 4.78 is 1.74. The van der Waals surface area contributed by atoms with E-state index in [9.17, 15) is 10.2 Å². The molecule has 2 aromatic rings. The molecule has 0 saturated heterocycles. The second-order valence-corrected chi connectivity index (χ2v) is 7.78. The summed E-state index contributed by atoms with van der Waals surface area (Å²) >= 11 is 4.28. The van der Waals surface area contributed by atoms with Crippen LogP contribution in [-0.4, -0.2) is 10.2 Å². The van der Waals surface area contributed by atoms with Crippen LogP contribution in [0.2, 0.25) is 0 Å². The Morgan fingerprint density at radius 3 is 1.41 bits per heavy atom. The second-order valence-electron chi connectivity index (χ2n) is 5.45. The fourth-order valence-electron chi connectivity index (χ4n) is 3.03. The maximum absolute atomic E-state index is 10.0. The summed E-state index contributed by atoms with van der Waals surface area (Å²) in [6.07, 6.45) is 1.98. The van der Waals surface area contributed by atoms with Crippen molar-refractivity contribution in [1.82, 2.24) is 0 Å². The van der Waals surface area contributed by atoms with E-state index in [1.165, 1.54) is 0 Å². The highest BCUT2D eigenvalue weighted by atomic mass is 127. The minimum absolute atomic E-state index is 0.326. The topological polar surface area (TPSA) is 40.5 Å². The standard InChI is InChI=1S/C18H20I2O2/c1-3-13(11-5-7-15(19)17(21)9-11)14(4-2)12-6-8-16(20)18(22)10-12/h5-10,13-14,21-22H,3-4H2,1-2H3. The number of rotatable bonds is 5. The van der Waals surface area contributed by atoms with Gasteiger partial charge in [0, 0.05) is 0 Å². The van der Waals surface area contributed by atoms with Gasteiger partial charge in [0.2, 0.25) is 0 Å². The molecule has 0 aliphatic heterocycles. The van der Waals surface area contributed by atoms with E-state index in [2.05, 4.69) is 71.2 Å². The van der Waals surface area contributed by atoms with E-state index >= 15 is 0 Å². The van der Waals surface area contributed by atoms with Crippen molar-refractivity contribution < 1.29 is 10.2 Å². The summed E-state index contributed by atoms with van der Waals surface area (Å²) in [5, 5.41) is 20.0. The fraction of sp³-hybridized carbons (Fsp3) is 0.333. The number of phenolic OH excluding ortho intramolecular Hbond substituents is 2. The molecule has 2 rings (SSSR count). The van der Waals surface area contributed by atoms with Gasteiger partial charge in [0.25, 0.3) is 0 Å². The first-order chi connectivity index (χ1) is 10.5. The molecule has 2 nitrogen and oxygen atoms in total. The van der Waals surface area contributed by atoms with Crippen molar-refractivity contribution in [2.24, 2.45) is 0 Å². The lowest BCUT2D eigenvalue weighted by atomic mass is 9.78. The Hall–Kier alpha value is -0.500. The molecule has 2 aromatic carbocycles. The molecule has 4 heteroatoms. The van der Waals surface area contributed by atoms with Gasteiger partial charge in [-0.15, -0.1) is 0 Å². The quantitative estimate of drug-likeness (QED) is 0.474. The predicted octanol–water partition coefficient (Wildman–Crippen LogP) is 5.99. The van der Waals surface area contributed by atoms with E-state index in [1.807, 2.05) is 24.3 Å². The minimum atomic E-state index is 0.326. The highest BCUT2D eigenvalue weighted by Crippen LogP contribution is 2.40. The van der Waals surface area contributed by atoms with E-state index in [-0.39, 0.29) is 0 Å². The minimum Gasteiger partial charge on any atom is -0.507 e. The number of hydrogen-bond acceptors (Lipinski definition) is 2. The van der Waals surface area contributed by atoms with Gasteiger partial charge in [0.1, 0.15) is 11.5 Å². The molecule has 0 radical (unpaired) electrons. The average Bonchev–Trinajstić information content (AvgIpc) is 2.50. The Morgan fingerprint density at radius 2 is 1.14 bits per heavy atom. The Labute approximate surface area is 159 Å². The molecule has 0 aliphatic rings. The molecule has 0 aromatic heterocycles. The summed E-state index contributed by atoms with van der Waals surface area (Å²) in [5.74, 6) is 1.34. The monoisotopic (exact) mass is 522 g/mol. The highest BCUT2D eigenvalue weighted by molar-refractivity contribution is 14.1. The third-order valence-electron chi connectivity index (χ3n) is 4.16. The molecule has 2 N–H and O–H groups in total. The van der Waals surface area contributed by atoms with Gasteiger partial charge in [-0.1, -0.05) is 26.0 Å². The van der Waals surface area contributed by atoms with Crippen LogP contribution in [0.4, 0.5) is 0 Å². The Bertz CT molecular complexity index is 598. The Kier molecular flexibility index (Phi) is 6.37. The van der Waals surface area contributed by atoms with Crippen LogP contribution < -0.4 is 0 Å². The van der Waals surface area contributed by atoms with Crippen LogP contribution in [0.5, 0.6) is 11.5 Å². The second kappa shape index (κ2) is 7.86. The maximum Gasteiger partial charge on any atom is 0.129 e. The molecular formula is C18H20I2O2. The summed E-state index contributed by atoms with van der Waals surface area (Å²) in [5.41, 5.74) is 2.32. The van der Waals surface area contributed by atoms with Crippen molar-refractivity contribution in [3.63, 3.8) is 0 Å². The van der Waals surface area contributed by atoms with Crippen molar-refractivity contribution >= 4 is 45.2 Å². The lowest BCUT2D eigenvalue weighted by Gasteiger charge is -2.27. The first-order valence-electron chi connectivity index (χ1n) is 7.44. The fourth-order valence-corrected chi connectivity index (χ4v) is 3.70. The Morgan fingerprint density at radius 1 is 0.773 bits per heavy atom. The summed E-state index contributed by atoms with van der Waals surface area (Å²) in [6.45, 7) is 4.35. The zero-order valence-corrected chi connectivity index (χ0v) is 17.0. The van der Waals surface area contributed by atoms with Crippen LogP contribution in [0.3, 0.4) is 0 Å². The van der Waals surface area contributed by atoms with Crippen LogP contribution in [-0.2, 0) is 0 Å². The van der Waals surface area contributed by atoms with Crippen LogP contribution in [0.1, 0.15) is 49.7 Å². The van der Waals surface area contributed by atoms with Gasteiger partial charge in [-0.05, 0) is 105 Å². The van der Waals surface area contributed by atoms with Gasteiger partial charge < -0.3 is 10.2 Å². The lowest BCUT2D eigenvalue weighted by molar-refractivity contribution is 0.459. The summed E-state index contributed by atoms with van der Waals surface area (Å²) in [4.78, 5) is 0. The van der Waals surface area contributed by atoms with Gasteiger partial charge in [-0.25, -0.2) is 0 Å². The van der Waals surface area contributed by atoms with Gasteiger partial charge in [-0.2, -0.15) is 0 Å². The molecule has 2 atom stereocenters. The van der Waals surface area contributed by atoms with Crippen molar-refractivity contribution in [3.05, 3.63) is 54.7 Å². The average molecular weight is 522 g/mol. The Balaban J connectivity index is 2.41. The van der Waals surface area contributed by atoms with Crippen molar-refractivity contribution in [2.75, 3.05) is 0 Å². The molecule has 0 spiro atoms. The third kappa shape index (κ3) is 3.88. The van der Waals surface area contributed by atoms with Gasteiger partial charge in [0.15, 0.2) is 0 Å². The smallest absolute Gasteiger partial charge is 0.129 e. The first kappa shape index (κ1) is 17.8. The molecular weight excluding hydrogens is 502 g/mol. The van der Waals surface area contributed by atoms with Crippen molar-refractivity contribution in [2.45, 2.75) is 38.5 Å². The zero-order chi connectivity index (χ0) is 16.3. The molecule has 0 saturated carbocycles. The summed E-state index contributed by atoms with van der Waals surface area (Å²) in [7, 11) is 0. The molecule has 2 unspecified atom stereocenters. The van der Waals surface area contributed by atoms with E-state index in [0.29, 0.717) is 23.3 Å². The molecule has 22 heavy (non-hydrogen) atoms. The van der Waals surface area contributed by atoms with Gasteiger partial charge >= 0.3 is 0 Å². The molecule has 0 heterocycles. The molecule has 0 bridgehead atoms. The number of phenols is 2. The SMILES string of the molecule is CCC(c1ccc(I)c(O)c1)C(CC)c1ccc(I)c(O)c1. The van der Waals surface area contributed by atoms with Crippen LogP contribution in [0.15, 0.2) is 36.4 Å². The first-order valence-corrected chi connectivity index (χ1v) is 9.60. The van der Waals surface area contributed by atoms with Crippen LogP contribution >= 0.6 is 45.2 Å². The van der Waals surface area contributed by atoms with Crippen LogP contribution in [0.25, 0.3) is 0 Å². The van der Waals surface area contributed by atoms with E-state index < -0.39 is 0 Å². The molecule has 118 valence electrons. The molecule has 0 amide bonds. The third-order valence-corrected chi connectivity index (χ3v) is 5.99. The zero-order valence-electron chi connectivity index (χ0n) is 12.7. The highest BCUT2D eigenvalue weighted by Gasteiger charge is 2.23. The number of halogens is 2. The number of aromatic hydroxyl groups is 2. The molecule has 0 fully saturated rings. The van der Waals surface area contributed by atoms with E-state index in [4.69, 9.17) is 0 Å². The van der Waals surface area contributed by atoms with Gasteiger partial charge in [-0.3, -0.25) is 0 Å². The van der Waals surface area contributed by atoms with Gasteiger partial charge in [0.05, 0.1) is 7.14 Å². The van der Waals surface area contributed by atoms with Crippen LogP contribution in [0, 0.1) is 7.14 Å².